The van der Waals surface area contributed by atoms with Gasteiger partial charge in [-0.05, 0) is 93.3 Å². The third-order valence-corrected chi connectivity index (χ3v) is 6.90. The van der Waals surface area contributed by atoms with Crippen molar-refractivity contribution in [3.05, 3.63) is 68.7 Å². The molecule has 1 fully saturated rings. The molecular formula is C26H26BrN3O3. The van der Waals surface area contributed by atoms with Gasteiger partial charge in [-0.15, -0.1) is 0 Å². The first-order valence-corrected chi connectivity index (χ1v) is 11.5. The Labute approximate surface area is 202 Å². The first-order valence-electron chi connectivity index (χ1n) is 10.7. The molecule has 0 saturated carbocycles. The number of amides is 4. The summed E-state index contributed by atoms with van der Waals surface area (Å²) in [4.78, 5) is 41.8. The summed E-state index contributed by atoms with van der Waals surface area (Å²) in [5, 5.41) is 2.31. The van der Waals surface area contributed by atoms with E-state index < -0.39 is 17.8 Å². The fraction of sp³-hybridized carbons (Fsp3) is 0.269. The number of hydrogen-bond acceptors (Lipinski definition) is 4. The van der Waals surface area contributed by atoms with Gasteiger partial charge in [0.25, 0.3) is 11.8 Å². The number of fused-ring (bicyclic) bond motifs is 1. The number of hydrogen-bond donors (Lipinski definition) is 1. The molecule has 0 aliphatic carbocycles. The van der Waals surface area contributed by atoms with Gasteiger partial charge < -0.3 is 4.90 Å². The second kappa shape index (κ2) is 7.99. The number of benzene rings is 2. The van der Waals surface area contributed by atoms with Crippen molar-refractivity contribution in [3.63, 3.8) is 0 Å². The lowest BCUT2D eigenvalue weighted by Gasteiger charge is -2.41. The summed E-state index contributed by atoms with van der Waals surface area (Å²) < 4.78 is 0.835. The van der Waals surface area contributed by atoms with E-state index in [2.05, 4.69) is 66.1 Å². The summed E-state index contributed by atoms with van der Waals surface area (Å²) in [6.45, 7) is 10.1. The summed E-state index contributed by atoms with van der Waals surface area (Å²) in [6.07, 6.45) is 3.78. The van der Waals surface area contributed by atoms with E-state index >= 15 is 0 Å². The summed E-state index contributed by atoms with van der Waals surface area (Å²) in [6, 6.07) is 8.58. The minimum Gasteiger partial charge on any atom is -0.365 e. The van der Waals surface area contributed by atoms with E-state index in [0.29, 0.717) is 5.69 Å². The number of likely N-dealkylation sites (N-methyl/N-ethyl adjacent to an activating group) is 1. The highest BCUT2D eigenvalue weighted by Gasteiger charge is 2.37. The maximum atomic E-state index is 13.3. The minimum atomic E-state index is -0.752. The van der Waals surface area contributed by atoms with Gasteiger partial charge in [0.2, 0.25) is 0 Å². The van der Waals surface area contributed by atoms with Crippen LogP contribution in [0.1, 0.15) is 43.0 Å². The molecule has 2 aromatic carbocycles. The van der Waals surface area contributed by atoms with E-state index in [0.717, 1.165) is 42.9 Å². The lowest BCUT2D eigenvalue weighted by atomic mass is 9.87. The predicted octanol–water partition coefficient (Wildman–Crippen LogP) is 5.36. The van der Waals surface area contributed by atoms with E-state index in [9.17, 15) is 14.4 Å². The number of urea groups is 1. The van der Waals surface area contributed by atoms with Gasteiger partial charge in [0.1, 0.15) is 5.57 Å². The van der Waals surface area contributed by atoms with Crippen molar-refractivity contribution in [3.8, 4) is 0 Å². The lowest BCUT2D eigenvalue weighted by molar-refractivity contribution is -0.122. The van der Waals surface area contributed by atoms with E-state index in [1.165, 1.54) is 0 Å². The van der Waals surface area contributed by atoms with Gasteiger partial charge in [0, 0.05) is 22.8 Å². The average Bonchev–Trinajstić information content (AvgIpc) is 2.71. The highest BCUT2D eigenvalue weighted by Crippen LogP contribution is 2.39. The monoisotopic (exact) mass is 507 g/mol. The van der Waals surface area contributed by atoms with Crippen molar-refractivity contribution in [2.45, 2.75) is 40.2 Å². The van der Waals surface area contributed by atoms with Crippen LogP contribution in [-0.2, 0) is 9.59 Å². The van der Waals surface area contributed by atoms with Crippen LogP contribution in [0.5, 0.6) is 0 Å². The quantitative estimate of drug-likeness (QED) is 0.438. The van der Waals surface area contributed by atoms with E-state index in [1.54, 1.807) is 25.1 Å². The highest BCUT2D eigenvalue weighted by atomic mass is 79.9. The molecule has 2 aliphatic rings. The number of nitrogens with one attached hydrogen (secondary N) is 1. The average molecular weight is 508 g/mol. The number of allylic oxidation sites excluding steroid dienone is 1. The van der Waals surface area contributed by atoms with Gasteiger partial charge in [-0.3, -0.25) is 14.9 Å². The normalized spacial score (nSPS) is 18.9. The number of aryl methyl sites for hydroxylation is 2. The van der Waals surface area contributed by atoms with Crippen molar-refractivity contribution in [1.82, 2.24) is 5.32 Å². The van der Waals surface area contributed by atoms with Crippen LogP contribution < -0.4 is 15.1 Å². The van der Waals surface area contributed by atoms with Crippen LogP contribution in [-0.4, -0.2) is 30.4 Å². The Hall–Kier alpha value is -3.19. The molecule has 7 heteroatoms. The third kappa shape index (κ3) is 3.91. The number of nitrogens with zero attached hydrogens (tertiary/aromatic N) is 2. The number of carbonyl (C=O) groups excluding carboxylic acids is 3. The Kier molecular flexibility index (Phi) is 5.56. The molecule has 0 atom stereocenters. The van der Waals surface area contributed by atoms with Gasteiger partial charge >= 0.3 is 6.03 Å². The molecule has 2 aliphatic heterocycles. The van der Waals surface area contributed by atoms with Crippen LogP contribution in [0.2, 0.25) is 0 Å². The molecule has 0 unspecified atom stereocenters. The van der Waals surface area contributed by atoms with Crippen LogP contribution in [0, 0.1) is 13.8 Å². The second-order valence-corrected chi connectivity index (χ2v) is 10.1. The fourth-order valence-corrected chi connectivity index (χ4v) is 4.85. The molecule has 0 aromatic heterocycles. The molecule has 2 aromatic rings. The lowest BCUT2D eigenvalue weighted by Crippen LogP contribution is -2.54. The minimum absolute atomic E-state index is 0.0777. The number of barbiturate groups is 1. The van der Waals surface area contributed by atoms with Crippen molar-refractivity contribution >= 4 is 56.8 Å². The molecule has 0 bridgehead atoms. The molecule has 4 rings (SSSR count). The molecule has 2 heterocycles. The first kappa shape index (κ1) is 23.0. The number of imide groups is 2. The van der Waals surface area contributed by atoms with Crippen LogP contribution in [0.15, 0.2) is 46.5 Å². The zero-order valence-corrected chi connectivity index (χ0v) is 21.1. The molecule has 0 spiro atoms. The van der Waals surface area contributed by atoms with Crippen molar-refractivity contribution in [2.24, 2.45) is 0 Å². The Morgan fingerprint density at radius 1 is 0.970 bits per heavy atom. The maximum Gasteiger partial charge on any atom is 0.335 e. The van der Waals surface area contributed by atoms with Crippen molar-refractivity contribution in [1.29, 1.82) is 0 Å². The van der Waals surface area contributed by atoms with Gasteiger partial charge in [0.05, 0.1) is 11.2 Å². The summed E-state index contributed by atoms with van der Waals surface area (Å²) >= 11 is 3.39. The van der Waals surface area contributed by atoms with Crippen molar-refractivity contribution in [2.75, 3.05) is 16.8 Å². The van der Waals surface area contributed by atoms with Crippen LogP contribution >= 0.6 is 15.9 Å². The molecule has 0 radical (unpaired) electrons. The molecule has 4 amide bonds. The van der Waals surface area contributed by atoms with E-state index in [1.807, 2.05) is 19.1 Å². The number of rotatable bonds is 2. The van der Waals surface area contributed by atoms with E-state index in [-0.39, 0.29) is 11.1 Å². The Morgan fingerprint density at radius 2 is 1.67 bits per heavy atom. The Bertz CT molecular complexity index is 1290. The third-order valence-electron chi connectivity index (χ3n) is 6.41. The van der Waals surface area contributed by atoms with Gasteiger partial charge in [-0.2, -0.15) is 0 Å². The zero-order chi connectivity index (χ0) is 24.2. The molecule has 6 nitrogen and oxygen atoms in total. The molecule has 1 N–H and O–H groups in total. The number of halogens is 1. The molecule has 33 heavy (non-hydrogen) atoms. The van der Waals surface area contributed by atoms with Gasteiger partial charge in [0.15, 0.2) is 0 Å². The zero-order valence-electron chi connectivity index (χ0n) is 19.5. The SMILES string of the molecule is CC1=CC(C)(C)N(C)c2cc(C)c(/C=C3\C(=O)NC(=O)N(c4ccc(Br)cc4C)C3=O)cc21. The van der Waals surface area contributed by atoms with Gasteiger partial charge in [-0.1, -0.05) is 22.0 Å². The highest BCUT2D eigenvalue weighted by molar-refractivity contribution is 9.10. The topological polar surface area (TPSA) is 69.7 Å². The van der Waals surface area contributed by atoms with Crippen LogP contribution in [0.25, 0.3) is 11.6 Å². The predicted molar refractivity (Wildman–Crippen MR) is 135 cm³/mol. The molecular weight excluding hydrogens is 482 g/mol. The number of anilines is 2. The van der Waals surface area contributed by atoms with E-state index in [4.69, 9.17) is 0 Å². The fourth-order valence-electron chi connectivity index (χ4n) is 4.37. The summed E-state index contributed by atoms with van der Waals surface area (Å²) in [5.41, 5.74) is 5.95. The standard InChI is InChI=1S/C26H26BrN3O3/c1-14-10-22-19(16(3)13-26(4,5)29(22)6)11-17(14)12-20-23(31)28-25(33)30(24(20)32)21-8-7-18(27)9-15(21)2/h7-13H,1-6H3,(H,28,31,33)/b20-12+. The number of carbonyl (C=O) groups is 3. The van der Waals surface area contributed by atoms with Crippen molar-refractivity contribution < 1.29 is 14.4 Å². The van der Waals surface area contributed by atoms with Gasteiger partial charge in [-0.25, -0.2) is 9.69 Å². The molecule has 170 valence electrons. The molecule has 1 saturated heterocycles. The summed E-state index contributed by atoms with van der Waals surface area (Å²) in [5.74, 6) is -1.34. The van der Waals surface area contributed by atoms with Crippen LogP contribution in [0.4, 0.5) is 16.2 Å². The smallest absolute Gasteiger partial charge is 0.335 e. The first-order chi connectivity index (χ1) is 15.4. The summed E-state index contributed by atoms with van der Waals surface area (Å²) in [7, 11) is 2.06. The van der Waals surface area contributed by atoms with Crippen LogP contribution in [0.3, 0.4) is 0 Å². The Morgan fingerprint density at radius 3 is 2.33 bits per heavy atom. The maximum absolute atomic E-state index is 13.3. The Balaban J connectivity index is 1.80. The largest absolute Gasteiger partial charge is 0.365 e. The second-order valence-electron chi connectivity index (χ2n) is 9.15.